The van der Waals surface area contributed by atoms with Crippen LogP contribution >= 0.6 is 0 Å². The molecule has 0 amide bonds. The summed E-state index contributed by atoms with van der Waals surface area (Å²) in [7, 11) is 0. The minimum atomic E-state index is 0.646. The van der Waals surface area contributed by atoms with Crippen molar-refractivity contribution in [1.29, 1.82) is 0 Å². The van der Waals surface area contributed by atoms with Crippen LogP contribution in [0.4, 0.5) is 0 Å². The van der Waals surface area contributed by atoms with Crippen molar-refractivity contribution in [3.8, 4) is 0 Å². The van der Waals surface area contributed by atoms with Crippen molar-refractivity contribution in [2.45, 2.75) is 64.5 Å². The molecule has 0 bridgehead atoms. The maximum Gasteiger partial charge on any atom is 0.0247 e. The van der Waals surface area contributed by atoms with E-state index in [2.05, 4.69) is 23.6 Å². The van der Waals surface area contributed by atoms with Crippen molar-refractivity contribution < 1.29 is 0 Å². The first-order valence-corrected chi connectivity index (χ1v) is 8.40. The van der Waals surface area contributed by atoms with Crippen LogP contribution in [0.1, 0.15) is 52.4 Å². The highest BCUT2D eigenvalue weighted by atomic mass is 15.3. The van der Waals surface area contributed by atoms with Crippen LogP contribution in [0.5, 0.6) is 0 Å². The van der Waals surface area contributed by atoms with Gasteiger partial charge in [0, 0.05) is 44.8 Å². The van der Waals surface area contributed by atoms with Gasteiger partial charge in [0.2, 0.25) is 0 Å². The smallest absolute Gasteiger partial charge is 0.0247 e. The van der Waals surface area contributed by atoms with Crippen LogP contribution in [0.2, 0.25) is 0 Å². The van der Waals surface area contributed by atoms with Crippen molar-refractivity contribution in [2.75, 3.05) is 32.7 Å². The van der Waals surface area contributed by atoms with Gasteiger partial charge in [-0.25, -0.2) is 0 Å². The van der Waals surface area contributed by atoms with E-state index in [1.165, 1.54) is 64.7 Å². The van der Waals surface area contributed by atoms with Crippen LogP contribution in [0.25, 0.3) is 0 Å². The van der Waals surface area contributed by atoms with Gasteiger partial charge in [-0.3, -0.25) is 9.80 Å². The van der Waals surface area contributed by atoms with E-state index in [1.807, 2.05) is 0 Å². The molecule has 1 saturated carbocycles. The van der Waals surface area contributed by atoms with E-state index in [9.17, 15) is 0 Å². The average Bonchev–Trinajstić information content (AvgIpc) is 2.69. The monoisotopic (exact) mass is 267 g/mol. The summed E-state index contributed by atoms with van der Waals surface area (Å²) in [5.41, 5.74) is 6.12. The number of piperazine rings is 1. The van der Waals surface area contributed by atoms with Gasteiger partial charge in [-0.2, -0.15) is 0 Å². The summed E-state index contributed by atoms with van der Waals surface area (Å²) in [6.07, 6.45) is 8.54. The minimum Gasteiger partial charge on any atom is -0.329 e. The lowest BCUT2D eigenvalue weighted by Crippen LogP contribution is -2.55. The SMILES string of the molecule is CC(C)N1CCN(C(CN)C2CCCCCC2)CC1. The van der Waals surface area contributed by atoms with E-state index in [1.54, 1.807) is 0 Å². The minimum absolute atomic E-state index is 0.646. The molecule has 1 heterocycles. The molecule has 1 saturated heterocycles. The number of rotatable bonds is 4. The third kappa shape index (κ3) is 4.17. The van der Waals surface area contributed by atoms with Crippen LogP contribution in [0.15, 0.2) is 0 Å². The number of hydrogen-bond acceptors (Lipinski definition) is 3. The lowest BCUT2D eigenvalue weighted by molar-refractivity contribution is 0.0553. The van der Waals surface area contributed by atoms with Crippen molar-refractivity contribution in [3.05, 3.63) is 0 Å². The highest BCUT2D eigenvalue weighted by Crippen LogP contribution is 2.28. The predicted octanol–water partition coefficient (Wildman–Crippen LogP) is 2.31. The fourth-order valence-corrected chi connectivity index (χ4v) is 3.92. The average molecular weight is 267 g/mol. The molecular weight excluding hydrogens is 234 g/mol. The Morgan fingerprint density at radius 1 is 0.895 bits per heavy atom. The summed E-state index contributed by atoms with van der Waals surface area (Å²) in [5.74, 6) is 0.859. The van der Waals surface area contributed by atoms with Gasteiger partial charge < -0.3 is 5.73 Å². The standard InChI is InChI=1S/C16H33N3/c1-14(2)18-9-11-19(12-10-18)16(13-17)15-7-5-3-4-6-8-15/h14-16H,3-13,17H2,1-2H3. The largest absolute Gasteiger partial charge is 0.329 e. The molecule has 0 aromatic carbocycles. The van der Waals surface area contributed by atoms with Gasteiger partial charge >= 0.3 is 0 Å². The normalized spacial score (nSPS) is 26.5. The highest BCUT2D eigenvalue weighted by molar-refractivity contribution is 4.85. The molecule has 3 heteroatoms. The first-order chi connectivity index (χ1) is 9.22. The molecule has 2 rings (SSSR count). The van der Waals surface area contributed by atoms with Gasteiger partial charge in [-0.05, 0) is 32.6 Å². The molecule has 0 aromatic rings. The Hall–Kier alpha value is -0.120. The molecule has 2 N–H and O–H groups in total. The lowest BCUT2D eigenvalue weighted by Gasteiger charge is -2.43. The summed E-state index contributed by atoms with van der Waals surface area (Å²) < 4.78 is 0. The lowest BCUT2D eigenvalue weighted by atomic mass is 9.90. The summed E-state index contributed by atoms with van der Waals surface area (Å²) in [5, 5.41) is 0. The predicted molar refractivity (Wildman–Crippen MR) is 82.3 cm³/mol. The van der Waals surface area contributed by atoms with Gasteiger partial charge in [0.25, 0.3) is 0 Å². The zero-order valence-corrected chi connectivity index (χ0v) is 13.0. The summed E-state index contributed by atoms with van der Waals surface area (Å²) in [4.78, 5) is 5.28. The molecule has 19 heavy (non-hydrogen) atoms. The second kappa shape index (κ2) is 7.61. The maximum absolute atomic E-state index is 6.12. The Bertz CT molecular complexity index is 238. The summed E-state index contributed by atoms with van der Waals surface area (Å²) >= 11 is 0. The quantitative estimate of drug-likeness (QED) is 0.793. The van der Waals surface area contributed by atoms with E-state index in [0.29, 0.717) is 12.1 Å². The molecule has 0 aromatic heterocycles. The van der Waals surface area contributed by atoms with Crippen LogP contribution in [0.3, 0.4) is 0 Å². The van der Waals surface area contributed by atoms with Crippen LogP contribution in [-0.2, 0) is 0 Å². The zero-order chi connectivity index (χ0) is 13.7. The van der Waals surface area contributed by atoms with Gasteiger partial charge in [0.05, 0.1) is 0 Å². The Morgan fingerprint density at radius 2 is 1.42 bits per heavy atom. The van der Waals surface area contributed by atoms with Gasteiger partial charge in [-0.1, -0.05) is 25.7 Å². The van der Waals surface area contributed by atoms with Crippen molar-refractivity contribution in [1.82, 2.24) is 9.80 Å². The first-order valence-electron chi connectivity index (χ1n) is 8.40. The van der Waals surface area contributed by atoms with Crippen LogP contribution < -0.4 is 5.73 Å². The second-order valence-corrected chi connectivity index (χ2v) is 6.72. The van der Waals surface area contributed by atoms with E-state index < -0.39 is 0 Å². The number of nitrogens with zero attached hydrogens (tertiary/aromatic N) is 2. The second-order valence-electron chi connectivity index (χ2n) is 6.72. The molecule has 1 unspecified atom stereocenters. The molecular formula is C16H33N3. The zero-order valence-electron chi connectivity index (χ0n) is 13.0. The third-order valence-electron chi connectivity index (χ3n) is 5.23. The molecule has 2 fully saturated rings. The molecule has 1 aliphatic heterocycles. The molecule has 1 atom stereocenters. The number of nitrogens with two attached hydrogens (primary N) is 1. The van der Waals surface area contributed by atoms with Crippen LogP contribution in [-0.4, -0.2) is 54.6 Å². The van der Waals surface area contributed by atoms with E-state index >= 15 is 0 Å². The van der Waals surface area contributed by atoms with E-state index in [-0.39, 0.29) is 0 Å². The van der Waals surface area contributed by atoms with Crippen molar-refractivity contribution in [3.63, 3.8) is 0 Å². The van der Waals surface area contributed by atoms with Gasteiger partial charge in [0.1, 0.15) is 0 Å². The molecule has 2 aliphatic rings. The van der Waals surface area contributed by atoms with Crippen molar-refractivity contribution in [2.24, 2.45) is 11.7 Å². The van der Waals surface area contributed by atoms with Gasteiger partial charge in [0.15, 0.2) is 0 Å². The molecule has 1 aliphatic carbocycles. The number of hydrogen-bond donors (Lipinski definition) is 1. The molecule has 3 nitrogen and oxygen atoms in total. The van der Waals surface area contributed by atoms with Crippen molar-refractivity contribution >= 4 is 0 Å². The molecule has 0 spiro atoms. The Morgan fingerprint density at radius 3 is 1.89 bits per heavy atom. The molecule has 112 valence electrons. The van der Waals surface area contributed by atoms with E-state index in [0.717, 1.165) is 12.5 Å². The Kier molecular flexibility index (Phi) is 6.11. The summed E-state index contributed by atoms with van der Waals surface area (Å²) in [6.45, 7) is 10.4. The topological polar surface area (TPSA) is 32.5 Å². The summed E-state index contributed by atoms with van der Waals surface area (Å²) in [6, 6.07) is 1.34. The Balaban J connectivity index is 1.87. The molecule has 0 radical (unpaired) electrons. The van der Waals surface area contributed by atoms with Gasteiger partial charge in [-0.15, -0.1) is 0 Å². The maximum atomic E-state index is 6.12. The fraction of sp³-hybridized carbons (Fsp3) is 1.00. The fourth-order valence-electron chi connectivity index (χ4n) is 3.92. The first kappa shape index (κ1) is 15.3. The van der Waals surface area contributed by atoms with Crippen LogP contribution in [0, 0.1) is 5.92 Å². The van der Waals surface area contributed by atoms with E-state index in [4.69, 9.17) is 5.73 Å². The highest BCUT2D eigenvalue weighted by Gasteiger charge is 2.29. The third-order valence-corrected chi connectivity index (χ3v) is 5.23. The Labute approximate surface area is 119 Å².